The van der Waals surface area contributed by atoms with Gasteiger partial charge in [0.25, 0.3) is 0 Å². The molecule has 2 rings (SSSR count). The molecule has 19 heavy (non-hydrogen) atoms. The lowest BCUT2D eigenvalue weighted by Crippen LogP contribution is -2.04. The Bertz CT molecular complexity index is 468. The summed E-state index contributed by atoms with van der Waals surface area (Å²) < 4.78 is 5.67. The fourth-order valence-corrected chi connectivity index (χ4v) is 1.90. The quantitative estimate of drug-likeness (QED) is 0.775. The molecule has 0 aliphatic rings. The van der Waals surface area contributed by atoms with Gasteiger partial charge in [-0.05, 0) is 37.1 Å². The Hall–Kier alpha value is -1.87. The summed E-state index contributed by atoms with van der Waals surface area (Å²) in [7, 11) is 0. The van der Waals surface area contributed by atoms with E-state index in [1.807, 2.05) is 18.2 Å². The largest absolute Gasteiger partial charge is 0.492 e. The monoisotopic (exact) mass is 256 g/mol. The predicted molar refractivity (Wildman–Crippen MR) is 77.3 cm³/mol. The van der Waals surface area contributed by atoms with Crippen LogP contribution in [-0.2, 0) is 12.8 Å². The van der Waals surface area contributed by atoms with E-state index in [9.17, 15) is 0 Å². The molecule has 0 radical (unpaired) electrons. The predicted octanol–water partition coefficient (Wildman–Crippen LogP) is 2.59. The Labute approximate surface area is 114 Å². The van der Waals surface area contributed by atoms with Crippen molar-refractivity contribution in [3.05, 3.63) is 59.9 Å². The molecular weight excluding hydrogens is 236 g/mol. The Morgan fingerprint density at radius 1 is 1.00 bits per heavy atom. The van der Waals surface area contributed by atoms with E-state index in [1.165, 1.54) is 5.56 Å². The van der Waals surface area contributed by atoms with Gasteiger partial charge in [0.15, 0.2) is 0 Å². The molecule has 0 saturated heterocycles. The van der Waals surface area contributed by atoms with E-state index in [0.29, 0.717) is 13.2 Å². The third kappa shape index (κ3) is 4.72. The van der Waals surface area contributed by atoms with Gasteiger partial charge >= 0.3 is 0 Å². The maximum atomic E-state index is 5.67. The SMILES string of the molecule is NCCc1ccc(OCCCc2ccccc2)cn1. The molecule has 1 aromatic carbocycles. The van der Waals surface area contributed by atoms with Gasteiger partial charge in [0.2, 0.25) is 0 Å². The highest BCUT2D eigenvalue weighted by Gasteiger charge is 1.97. The summed E-state index contributed by atoms with van der Waals surface area (Å²) in [5.41, 5.74) is 7.84. The summed E-state index contributed by atoms with van der Waals surface area (Å²) in [5, 5.41) is 0. The van der Waals surface area contributed by atoms with Crippen molar-refractivity contribution >= 4 is 0 Å². The van der Waals surface area contributed by atoms with Crippen molar-refractivity contribution in [2.24, 2.45) is 5.73 Å². The minimum atomic E-state index is 0.629. The molecule has 3 heteroatoms. The number of benzene rings is 1. The van der Waals surface area contributed by atoms with E-state index in [-0.39, 0.29) is 0 Å². The summed E-state index contributed by atoms with van der Waals surface area (Å²) in [6.45, 7) is 1.34. The number of nitrogens with zero attached hydrogens (tertiary/aromatic N) is 1. The van der Waals surface area contributed by atoms with Crippen LogP contribution in [0.5, 0.6) is 5.75 Å². The van der Waals surface area contributed by atoms with Crippen molar-refractivity contribution in [1.82, 2.24) is 4.98 Å². The molecule has 0 saturated carbocycles. The third-order valence-electron chi connectivity index (χ3n) is 2.92. The number of hydrogen-bond acceptors (Lipinski definition) is 3. The van der Waals surface area contributed by atoms with Crippen molar-refractivity contribution in [3.8, 4) is 5.75 Å². The van der Waals surface area contributed by atoms with Gasteiger partial charge in [0.05, 0.1) is 12.8 Å². The zero-order chi connectivity index (χ0) is 13.3. The van der Waals surface area contributed by atoms with Crippen LogP contribution in [0.2, 0.25) is 0 Å². The zero-order valence-electron chi connectivity index (χ0n) is 11.1. The van der Waals surface area contributed by atoms with Crippen molar-refractivity contribution in [2.45, 2.75) is 19.3 Å². The second-order valence-corrected chi connectivity index (χ2v) is 4.46. The van der Waals surface area contributed by atoms with Crippen LogP contribution in [-0.4, -0.2) is 18.1 Å². The molecule has 2 aromatic rings. The number of rotatable bonds is 7. The maximum absolute atomic E-state index is 5.67. The Morgan fingerprint density at radius 2 is 1.84 bits per heavy atom. The summed E-state index contributed by atoms with van der Waals surface area (Å²) in [5.74, 6) is 0.828. The number of aryl methyl sites for hydroxylation is 1. The molecule has 100 valence electrons. The molecule has 1 heterocycles. The number of ether oxygens (including phenoxy) is 1. The number of nitrogens with two attached hydrogens (primary N) is 1. The van der Waals surface area contributed by atoms with Gasteiger partial charge in [-0.1, -0.05) is 30.3 Å². The minimum absolute atomic E-state index is 0.629. The third-order valence-corrected chi connectivity index (χ3v) is 2.92. The zero-order valence-corrected chi connectivity index (χ0v) is 11.1. The van der Waals surface area contributed by atoms with Gasteiger partial charge < -0.3 is 10.5 Å². The second kappa shape index (κ2) is 7.54. The van der Waals surface area contributed by atoms with E-state index in [4.69, 9.17) is 10.5 Å². The number of hydrogen-bond donors (Lipinski definition) is 1. The second-order valence-electron chi connectivity index (χ2n) is 4.46. The summed E-state index contributed by atoms with van der Waals surface area (Å²) in [6.07, 6.45) is 4.63. The lowest BCUT2D eigenvalue weighted by Gasteiger charge is -2.06. The van der Waals surface area contributed by atoms with Crippen LogP contribution in [0.4, 0.5) is 0 Å². The van der Waals surface area contributed by atoms with Crippen LogP contribution in [0.15, 0.2) is 48.7 Å². The molecule has 1 aromatic heterocycles. The number of pyridine rings is 1. The van der Waals surface area contributed by atoms with Crippen LogP contribution < -0.4 is 10.5 Å². The van der Waals surface area contributed by atoms with Gasteiger partial charge in [0.1, 0.15) is 5.75 Å². The Kier molecular flexibility index (Phi) is 5.38. The van der Waals surface area contributed by atoms with Crippen LogP contribution in [0.25, 0.3) is 0 Å². The van der Waals surface area contributed by atoms with Crippen molar-refractivity contribution in [3.63, 3.8) is 0 Å². The summed E-state index contributed by atoms with van der Waals surface area (Å²) in [6, 6.07) is 14.4. The average Bonchev–Trinajstić information content (AvgIpc) is 2.47. The highest BCUT2D eigenvalue weighted by Crippen LogP contribution is 2.10. The molecule has 0 aliphatic carbocycles. The maximum Gasteiger partial charge on any atom is 0.137 e. The number of aromatic nitrogens is 1. The molecule has 2 N–H and O–H groups in total. The van der Waals surface area contributed by atoms with E-state index in [0.717, 1.165) is 30.7 Å². The fourth-order valence-electron chi connectivity index (χ4n) is 1.90. The standard InChI is InChI=1S/C16H20N2O/c17-11-10-15-8-9-16(13-18-15)19-12-4-7-14-5-2-1-3-6-14/h1-3,5-6,8-9,13H,4,7,10-12,17H2. The minimum Gasteiger partial charge on any atom is -0.492 e. The molecule has 0 spiro atoms. The first-order valence-electron chi connectivity index (χ1n) is 6.70. The Balaban J connectivity index is 1.70. The van der Waals surface area contributed by atoms with E-state index < -0.39 is 0 Å². The first kappa shape index (κ1) is 13.6. The molecule has 0 amide bonds. The highest BCUT2D eigenvalue weighted by atomic mass is 16.5. The average molecular weight is 256 g/mol. The van der Waals surface area contributed by atoms with Crippen molar-refractivity contribution < 1.29 is 4.74 Å². The van der Waals surface area contributed by atoms with E-state index >= 15 is 0 Å². The van der Waals surface area contributed by atoms with E-state index in [2.05, 4.69) is 29.2 Å². The topological polar surface area (TPSA) is 48.1 Å². The van der Waals surface area contributed by atoms with Gasteiger partial charge in [-0.15, -0.1) is 0 Å². The summed E-state index contributed by atoms with van der Waals surface area (Å²) >= 11 is 0. The van der Waals surface area contributed by atoms with Gasteiger partial charge in [-0.3, -0.25) is 4.98 Å². The molecule has 0 atom stereocenters. The van der Waals surface area contributed by atoms with Crippen LogP contribution in [0.1, 0.15) is 17.7 Å². The summed E-state index contributed by atoms with van der Waals surface area (Å²) in [4.78, 5) is 4.30. The van der Waals surface area contributed by atoms with Gasteiger partial charge in [0, 0.05) is 12.1 Å². The fraction of sp³-hybridized carbons (Fsp3) is 0.312. The molecule has 0 unspecified atom stereocenters. The van der Waals surface area contributed by atoms with E-state index in [1.54, 1.807) is 6.20 Å². The first-order valence-corrected chi connectivity index (χ1v) is 6.70. The molecule has 0 fully saturated rings. The van der Waals surface area contributed by atoms with Crippen molar-refractivity contribution in [1.29, 1.82) is 0 Å². The van der Waals surface area contributed by atoms with Crippen LogP contribution in [0, 0.1) is 0 Å². The van der Waals surface area contributed by atoms with Crippen molar-refractivity contribution in [2.75, 3.05) is 13.2 Å². The molecule has 0 bridgehead atoms. The Morgan fingerprint density at radius 3 is 2.53 bits per heavy atom. The first-order chi connectivity index (χ1) is 9.38. The van der Waals surface area contributed by atoms with Gasteiger partial charge in [-0.25, -0.2) is 0 Å². The normalized spacial score (nSPS) is 10.4. The smallest absolute Gasteiger partial charge is 0.137 e. The molecule has 3 nitrogen and oxygen atoms in total. The lowest BCUT2D eigenvalue weighted by atomic mass is 10.1. The van der Waals surface area contributed by atoms with Crippen LogP contribution >= 0.6 is 0 Å². The highest BCUT2D eigenvalue weighted by molar-refractivity contribution is 5.20. The van der Waals surface area contributed by atoms with Gasteiger partial charge in [-0.2, -0.15) is 0 Å². The lowest BCUT2D eigenvalue weighted by molar-refractivity contribution is 0.309. The molecule has 0 aliphatic heterocycles. The van der Waals surface area contributed by atoms with Crippen LogP contribution in [0.3, 0.4) is 0 Å². The molecular formula is C16H20N2O.